The molecule has 2 aromatic rings. The second kappa shape index (κ2) is 4.29. The molecule has 0 heterocycles. The van der Waals surface area contributed by atoms with Crippen LogP contribution >= 0.6 is 0 Å². The molecular formula is C14H14N2O. The molecule has 0 aromatic heterocycles. The van der Waals surface area contributed by atoms with Gasteiger partial charge in [-0.2, -0.15) is 0 Å². The summed E-state index contributed by atoms with van der Waals surface area (Å²) in [5, 5.41) is 0. The Morgan fingerprint density at radius 2 is 1.41 bits per heavy atom. The molecule has 2 aromatic carbocycles. The van der Waals surface area contributed by atoms with E-state index in [1.165, 1.54) is 0 Å². The lowest BCUT2D eigenvalue weighted by atomic mass is 10.0. The van der Waals surface area contributed by atoms with E-state index in [0.29, 0.717) is 22.5 Å². The van der Waals surface area contributed by atoms with Gasteiger partial charge in [0.05, 0.1) is 0 Å². The molecular weight excluding hydrogens is 212 g/mol. The lowest BCUT2D eigenvalue weighted by molar-refractivity contribution is 0.103. The van der Waals surface area contributed by atoms with E-state index in [9.17, 15) is 4.79 Å². The fourth-order valence-electron chi connectivity index (χ4n) is 1.68. The zero-order valence-corrected chi connectivity index (χ0v) is 9.60. The molecule has 2 rings (SSSR count). The molecule has 0 aliphatic carbocycles. The van der Waals surface area contributed by atoms with Gasteiger partial charge in [-0.05, 0) is 25.1 Å². The Balaban J connectivity index is 2.40. The van der Waals surface area contributed by atoms with E-state index in [0.717, 1.165) is 5.56 Å². The van der Waals surface area contributed by atoms with Gasteiger partial charge in [-0.1, -0.05) is 29.8 Å². The van der Waals surface area contributed by atoms with Gasteiger partial charge in [0.15, 0.2) is 5.78 Å². The number of rotatable bonds is 2. The van der Waals surface area contributed by atoms with Crippen molar-refractivity contribution >= 4 is 17.2 Å². The van der Waals surface area contributed by atoms with E-state index in [1.807, 2.05) is 19.1 Å². The van der Waals surface area contributed by atoms with Gasteiger partial charge in [0.2, 0.25) is 0 Å². The first-order chi connectivity index (χ1) is 8.06. The Morgan fingerprint density at radius 3 is 1.94 bits per heavy atom. The fraction of sp³-hybridized carbons (Fsp3) is 0.0714. The van der Waals surface area contributed by atoms with Crippen LogP contribution in [0.3, 0.4) is 0 Å². The number of anilines is 2. The highest BCUT2D eigenvalue weighted by Crippen LogP contribution is 2.17. The third-order valence-electron chi connectivity index (χ3n) is 2.55. The van der Waals surface area contributed by atoms with Gasteiger partial charge >= 0.3 is 0 Å². The van der Waals surface area contributed by atoms with Crippen molar-refractivity contribution in [2.45, 2.75) is 6.92 Å². The molecule has 0 saturated heterocycles. The summed E-state index contributed by atoms with van der Waals surface area (Å²) in [5.74, 6) is -0.0657. The molecule has 0 bridgehead atoms. The van der Waals surface area contributed by atoms with Crippen LogP contribution in [0.25, 0.3) is 0 Å². The standard InChI is InChI=1S/C14H14N2O/c1-9-2-4-10(5-3-9)14(17)11-6-12(15)8-13(16)7-11/h2-8H,15-16H2,1H3. The maximum atomic E-state index is 12.2. The summed E-state index contributed by atoms with van der Waals surface area (Å²) in [6, 6.07) is 12.3. The van der Waals surface area contributed by atoms with Crippen LogP contribution in [0.1, 0.15) is 21.5 Å². The molecule has 0 saturated carbocycles. The SMILES string of the molecule is Cc1ccc(C(=O)c2cc(N)cc(N)c2)cc1. The molecule has 0 atom stereocenters. The Bertz CT molecular complexity index is 539. The fourth-order valence-corrected chi connectivity index (χ4v) is 1.68. The third kappa shape index (κ3) is 2.45. The van der Waals surface area contributed by atoms with Crippen molar-refractivity contribution in [2.75, 3.05) is 11.5 Å². The molecule has 86 valence electrons. The average molecular weight is 226 g/mol. The lowest BCUT2D eigenvalue weighted by Crippen LogP contribution is -2.03. The van der Waals surface area contributed by atoms with Crippen molar-refractivity contribution in [3.8, 4) is 0 Å². The van der Waals surface area contributed by atoms with Gasteiger partial charge in [-0.25, -0.2) is 0 Å². The summed E-state index contributed by atoms with van der Waals surface area (Å²) >= 11 is 0. The Kier molecular flexibility index (Phi) is 2.83. The topological polar surface area (TPSA) is 69.1 Å². The van der Waals surface area contributed by atoms with E-state index < -0.39 is 0 Å². The molecule has 0 aliphatic heterocycles. The number of nitrogens with two attached hydrogens (primary N) is 2. The quantitative estimate of drug-likeness (QED) is 0.610. The molecule has 4 N–H and O–H groups in total. The van der Waals surface area contributed by atoms with Crippen molar-refractivity contribution in [3.63, 3.8) is 0 Å². The molecule has 0 fully saturated rings. The van der Waals surface area contributed by atoms with E-state index >= 15 is 0 Å². The molecule has 3 nitrogen and oxygen atoms in total. The normalized spacial score (nSPS) is 10.2. The zero-order valence-electron chi connectivity index (χ0n) is 9.60. The minimum absolute atomic E-state index is 0.0657. The minimum atomic E-state index is -0.0657. The van der Waals surface area contributed by atoms with Crippen molar-refractivity contribution in [1.29, 1.82) is 0 Å². The van der Waals surface area contributed by atoms with Crippen molar-refractivity contribution in [1.82, 2.24) is 0 Å². The Labute approximate surface area is 100 Å². The second-order valence-electron chi connectivity index (χ2n) is 4.08. The van der Waals surface area contributed by atoms with Gasteiger partial charge in [-0.3, -0.25) is 4.79 Å². The highest BCUT2D eigenvalue weighted by molar-refractivity contribution is 6.09. The molecule has 0 spiro atoms. The van der Waals surface area contributed by atoms with Gasteiger partial charge < -0.3 is 11.5 Å². The van der Waals surface area contributed by atoms with Gasteiger partial charge in [0.25, 0.3) is 0 Å². The van der Waals surface area contributed by atoms with Crippen LogP contribution in [-0.2, 0) is 0 Å². The van der Waals surface area contributed by atoms with Gasteiger partial charge in [0.1, 0.15) is 0 Å². The summed E-state index contributed by atoms with van der Waals surface area (Å²) in [6.07, 6.45) is 0. The summed E-state index contributed by atoms with van der Waals surface area (Å²) < 4.78 is 0. The Hall–Kier alpha value is -2.29. The second-order valence-corrected chi connectivity index (χ2v) is 4.08. The van der Waals surface area contributed by atoms with Gasteiger partial charge in [0, 0.05) is 22.5 Å². The minimum Gasteiger partial charge on any atom is -0.399 e. The van der Waals surface area contributed by atoms with E-state index in [2.05, 4.69) is 0 Å². The van der Waals surface area contributed by atoms with Crippen LogP contribution in [0, 0.1) is 6.92 Å². The lowest BCUT2D eigenvalue weighted by Gasteiger charge is -2.04. The van der Waals surface area contributed by atoms with Crippen molar-refractivity contribution < 1.29 is 4.79 Å². The number of ketones is 1. The van der Waals surface area contributed by atoms with E-state index in [4.69, 9.17) is 11.5 Å². The third-order valence-corrected chi connectivity index (χ3v) is 2.55. The Morgan fingerprint density at radius 1 is 0.882 bits per heavy atom. The molecule has 0 unspecified atom stereocenters. The molecule has 0 aliphatic rings. The summed E-state index contributed by atoms with van der Waals surface area (Å²) in [6.45, 7) is 1.98. The number of aryl methyl sites for hydroxylation is 1. The number of carbonyl (C=O) groups is 1. The molecule has 0 radical (unpaired) electrons. The number of hydrogen-bond donors (Lipinski definition) is 2. The van der Waals surface area contributed by atoms with Crippen molar-refractivity contribution in [2.24, 2.45) is 0 Å². The molecule has 3 heteroatoms. The molecule has 0 amide bonds. The predicted octanol–water partition coefficient (Wildman–Crippen LogP) is 2.39. The first-order valence-electron chi connectivity index (χ1n) is 5.33. The first kappa shape index (κ1) is 11.2. The van der Waals surface area contributed by atoms with Gasteiger partial charge in [-0.15, -0.1) is 0 Å². The van der Waals surface area contributed by atoms with E-state index in [-0.39, 0.29) is 5.78 Å². The summed E-state index contributed by atoms with van der Waals surface area (Å²) in [4.78, 5) is 12.2. The zero-order chi connectivity index (χ0) is 12.4. The van der Waals surface area contributed by atoms with Crippen LogP contribution in [-0.4, -0.2) is 5.78 Å². The van der Waals surface area contributed by atoms with Crippen LogP contribution in [0.2, 0.25) is 0 Å². The van der Waals surface area contributed by atoms with Crippen LogP contribution in [0.15, 0.2) is 42.5 Å². The van der Waals surface area contributed by atoms with Crippen molar-refractivity contribution in [3.05, 3.63) is 59.2 Å². The highest BCUT2D eigenvalue weighted by atomic mass is 16.1. The number of nitrogen functional groups attached to an aromatic ring is 2. The largest absolute Gasteiger partial charge is 0.399 e. The molecule has 17 heavy (non-hydrogen) atoms. The van der Waals surface area contributed by atoms with E-state index in [1.54, 1.807) is 30.3 Å². The average Bonchev–Trinajstić information content (AvgIpc) is 2.28. The van der Waals surface area contributed by atoms with Crippen LogP contribution in [0.5, 0.6) is 0 Å². The maximum Gasteiger partial charge on any atom is 0.193 e. The summed E-state index contributed by atoms with van der Waals surface area (Å²) in [7, 11) is 0. The first-order valence-corrected chi connectivity index (χ1v) is 5.33. The summed E-state index contributed by atoms with van der Waals surface area (Å²) in [5.41, 5.74) is 14.6. The monoisotopic (exact) mass is 226 g/mol. The number of hydrogen-bond acceptors (Lipinski definition) is 3. The smallest absolute Gasteiger partial charge is 0.193 e. The number of carbonyl (C=O) groups excluding carboxylic acids is 1. The number of benzene rings is 2. The highest BCUT2D eigenvalue weighted by Gasteiger charge is 2.09. The predicted molar refractivity (Wildman–Crippen MR) is 69.9 cm³/mol. The maximum absolute atomic E-state index is 12.2. The van der Waals surface area contributed by atoms with Crippen LogP contribution in [0.4, 0.5) is 11.4 Å². The van der Waals surface area contributed by atoms with Crippen LogP contribution < -0.4 is 11.5 Å².